The van der Waals surface area contributed by atoms with Crippen LogP contribution in [0.25, 0.3) is 0 Å². The summed E-state index contributed by atoms with van der Waals surface area (Å²) in [6.07, 6.45) is 2.28. The van der Waals surface area contributed by atoms with Crippen molar-refractivity contribution in [1.82, 2.24) is 9.97 Å². The molecule has 1 saturated heterocycles. The molecule has 1 aliphatic rings. The van der Waals surface area contributed by atoms with E-state index in [0.717, 1.165) is 24.6 Å². The summed E-state index contributed by atoms with van der Waals surface area (Å²) in [7, 11) is 1.83. The summed E-state index contributed by atoms with van der Waals surface area (Å²) >= 11 is 0. The molecule has 16 heavy (non-hydrogen) atoms. The number of nitrogens with zero attached hydrogens (tertiary/aromatic N) is 3. The van der Waals surface area contributed by atoms with Gasteiger partial charge in [-0.25, -0.2) is 9.97 Å². The standard InChI is InChI=1S/C11H18N4O/c1-8-3-4-15(6-9(8)16)11-5-10(12-2)13-7-14-11/h5,7-9,16H,3-4,6H2,1-2H3,(H,12,13,14). The third-order valence-electron chi connectivity index (χ3n) is 3.15. The lowest BCUT2D eigenvalue weighted by Gasteiger charge is -2.35. The first-order valence-electron chi connectivity index (χ1n) is 5.63. The Morgan fingerprint density at radius 1 is 1.50 bits per heavy atom. The summed E-state index contributed by atoms with van der Waals surface area (Å²) in [5, 5.41) is 12.8. The Kier molecular flexibility index (Phi) is 3.24. The van der Waals surface area contributed by atoms with Gasteiger partial charge in [0.1, 0.15) is 18.0 Å². The summed E-state index contributed by atoms with van der Waals surface area (Å²) in [4.78, 5) is 10.4. The van der Waals surface area contributed by atoms with E-state index in [9.17, 15) is 5.11 Å². The Hall–Kier alpha value is -1.36. The number of piperidine rings is 1. The Morgan fingerprint density at radius 3 is 3.00 bits per heavy atom. The molecule has 1 fully saturated rings. The molecule has 0 spiro atoms. The van der Waals surface area contributed by atoms with Crippen molar-refractivity contribution in [3.8, 4) is 0 Å². The van der Waals surface area contributed by atoms with Crippen LogP contribution in [0.5, 0.6) is 0 Å². The lowest BCUT2D eigenvalue weighted by atomic mass is 9.96. The van der Waals surface area contributed by atoms with Crippen molar-refractivity contribution in [3.05, 3.63) is 12.4 Å². The molecule has 1 aliphatic heterocycles. The predicted octanol–water partition coefficient (Wildman–Crippen LogP) is 0.725. The molecule has 5 nitrogen and oxygen atoms in total. The van der Waals surface area contributed by atoms with Crippen LogP contribution in [-0.4, -0.2) is 41.3 Å². The average Bonchev–Trinajstić information content (AvgIpc) is 2.33. The van der Waals surface area contributed by atoms with Gasteiger partial charge in [-0.15, -0.1) is 0 Å². The van der Waals surface area contributed by atoms with Gasteiger partial charge in [0.25, 0.3) is 0 Å². The smallest absolute Gasteiger partial charge is 0.134 e. The van der Waals surface area contributed by atoms with E-state index < -0.39 is 0 Å². The second-order valence-electron chi connectivity index (χ2n) is 4.29. The summed E-state index contributed by atoms with van der Waals surface area (Å²) < 4.78 is 0. The number of hydrogen-bond acceptors (Lipinski definition) is 5. The van der Waals surface area contributed by atoms with Gasteiger partial charge < -0.3 is 15.3 Å². The summed E-state index contributed by atoms with van der Waals surface area (Å²) in [5.74, 6) is 2.06. The van der Waals surface area contributed by atoms with Crippen LogP contribution in [0, 0.1) is 5.92 Å². The van der Waals surface area contributed by atoms with E-state index in [2.05, 4.69) is 27.1 Å². The van der Waals surface area contributed by atoms with Gasteiger partial charge in [-0.05, 0) is 12.3 Å². The molecule has 0 amide bonds. The average molecular weight is 222 g/mol. The summed E-state index contributed by atoms with van der Waals surface area (Å²) in [6, 6.07) is 1.91. The second kappa shape index (κ2) is 4.65. The highest BCUT2D eigenvalue weighted by Gasteiger charge is 2.25. The number of anilines is 2. The zero-order chi connectivity index (χ0) is 11.5. The van der Waals surface area contributed by atoms with Crippen LogP contribution < -0.4 is 10.2 Å². The minimum atomic E-state index is -0.262. The van der Waals surface area contributed by atoms with E-state index >= 15 is 0 Å². The van der Waals surface area contributed by atoms with Gasteiger partial charge in [0, 0.05) is 26.2 Å². The number of aromatic nitrogens is 2. The first-order valence-corrected chi connectivity index (χ1v) is 5.63. The first-order chi connectivity index (χ1) is 7.70. The summed E-state index contributed by atoms with van der Waals surface area (Å²) in [6.45, 7) is 3.68. The molecular weight excluding hydrogens is 204 g/mol. The summed E-state index contributed by atoms with van der Waals surface area (Å²) in [5.41, 5.74) is 0. The van der Waals surface area contributed by atoms with Crippen LogP contribution >= 0.6 is 0 Å². The molecule has 0 aliphatic carbocycles. The third kappa shape index (κ3) is 2.24. The molecule has 88 valence electrons. The van der Waals surface area contributed by atoms with E-state index in [1.807, 2.05) is 13.1 Å². The van der Waals surface area contributed by atoms with E-state index in [4.69, 9.17) is 0 Å². The quantitative estimate of drug-likeness (QED) is 0.772. The van der Waals surface area contributed by atoms with Crippen molar-refractivity contribution in [1.29, 1.82) is 0 Å². The largest absolute Gasteiger partial charge is 0.391 e. The monoisotopic (exact) mass is 222 g/mol. The van der Waals surface area contributed by atoms with Gasteiger partial charge in [0.15, 0.2) is 0 Å². The number of aliphatic hydroxyl groups is 1. The second-order valence-corrected chi connectivity index (χ2v) is 4.29. The van der Waals surface area contributed by atoms with E-state index in [0.29, 0.717) is 12.5 Å². The zero-order valence-electron chi connectivity index (χ0n) is 9.72. The number of rotatable bonds is 2. The van der Waals surface area contributed by atoms with Crippen LogP contribution in [0.4, 0.5) is 11.6 Å². The fourth-order valence-electron chi connectivity index (χ4n) is 1.91. The molecule has 0 aromatic carbocycles. The highest BCUT2D eigenvalue weighted by Crippen LogP contribution is 2.22. The number of nitrogens with one attached hydrogen (secondary N) is 1. The molecule has 2 atom stereocenters. The van der Waals surface area contributed by atoms with Crippen molar-refractivity contribution in [3.63, 3.8) is 0 Å². The molecule has 2 unspecified atom stereocenters. The van der Waals surface area contributed by atoms with Gasteiger partial charge in [-0.3, -0.25) is 0 Å². The Labute approximate surface area is 95.5 Å². The van der Waals surface area contributed by atoms with Gasteiger partial charge in [-0.1, -0.05) is 6.92 Å². The molecule has 0 bridgehead atoms. The Balaban J connectivity index is 2.12. The Bertz CT molecular complexity index is 358. The van der Waals surface area contributed by atoms with Crippen molar-refractivity contribution in [2.24, 2.45) is 5.92 Å². The van der Waals surface area contributed by atoms with Gasteiger partial charge in [-0.2, -0.15) is 0 Å². The van der Waals surface area contributed by atoms with Crippen molar-refractivity contribution < 1.29 is 5.11 Å². The number of aliphatic hydroxyl groups excluding tert-OH is 1. The van der Waals surface area contributed by atoms with Crippen molar-refractivity contribution in [2.75, 3.05) is 30.4 Å². The fourth-order valence-corrected chi connectivity index (χ4v) is 1.91. The van der Waals surface area contributed by atoms with Gasteiger partial charge in [0.2, 0.25) is 0 Å². The van der Waals surface area contributed by atoms with Gasteiger partial charge >= 0.3 is 0 Å². The van der Waals surface area contributed by atoms with Gasteiger partial charge in [0.05, 0.1) is 6.10 Å². The SMILES string of the molecule is CNc1cc(N2CCC(C)C(O)C2)ncn1. The van der Waals surface area contributed by atoms with E-state index in [-0.39, 0.29) is 6.10 Å². The molecule has 1 aromatic heterocycles. The maximum absolute atomic E-state index is 9.84. The normalized spacial score (nSPS) is 25.6. The first kappa shape index (κ1) is 11.1. The molecule has 0 saturated carbocycles. The maximum Gasteiger partial charge on any atom is 0.134 e. The highest BCUT2D eigenvalue weighted by molar-refractivity contribution is 5.48. The lowest BCUT2D eigenvalue weighted by molar-refractivity contribution is 0.102. The highest BCUT2D eigenvalue weighted by atomic mass is 16.3. The minimum absolute atomic E-state index is 0.262. The van der Waals surface area contributed by atoms with Crippen molar-refractivity contribution in [2.45, 2.75) is 19.4 Å². The molecule has 0 radical (unpaired) electrons. The van der Waals surface area contributed by atoms with Crippen LogP contribution in [0.15, 0.2) is 12.4 Å². The number of hydrogen-bond donors (Lipinski definition) is 2. The third-order valence-corrected chi connectivity index (χ3v) is 3.15. The minimum Gasteiger partial charge on any atom is -0.391 e. The molecule has 2 heterocycles. The van der Waals surface area contributed by atoms with Crippen LogP contribution in [0.1, 0.15) is 13.3 Å². The maximum atomic E-state index is 9.84. The van der Waals surface area contributed by atoms with Crippen molar-refractivity contribution >= 4 is 11.6 Å². The zero-order valence-corrected chi connectivity index (χ0v) is 9.72. The molecular formula is C11H18N4O. The van der Waals surface area contributed by atoms with Crippen LogP contribution in [-0.2, 0) is 0 Å². The molecule has 2 rings (SSSR count). The lowest BCUT2D eigenvalue weighted by Crippen LogP contribution is -2.43. The van der Waals surface area contributed by atoms with Crippen LogP contribution in [0.3, 0.4) is 0 Å². The molecule has 5 heteroatoms. The van der Waals surface area contributed by atoms with E-state index in [1.165, 1.54) is 0 Å². The Morgan fingerprint density at radius 2 is 2.31 bits per heavy atom. The molecule has 2 N–H and O–H groups in total. The predicted molar refractivity (Wildman–Crippen MR) is 63.6 cm³/mol. The van der Waals surface area contributed by atoms with Crippen LogP contribution in [0.2, 0.25) is 0 Å². The topological polar surface area (TPSA) is 61.3 Å². The fraction of sp³-hybridized carbons (Fsp3) is 0.636. The van der Waals surface area contributed by atoms with E-state index in [1.54, 1.807) is 6.33 Å². The number of β-amino-alcohol motifs (C(OH)–C–C–N with tert-alkyl or cyclic N) is 1. The molecule has 1 aromatic rings.